The Hall–Kier alpha value is -1.46. The van der Waals surface area contributed by atoms with Crippen molar-refractivity contribution < 1.29 is 28.5 Å². The number of hydrogen-bond acceptors (Lipinski definition) is 6. The lowest BCUT2D eigenvalue weighted by Crippen LogP contribution is -2.31. The summed E-state index contributed by atoms with van der Waals surface area (Å²) in [6.45, 7) is 6.95. The Bertz CT molecular complexity index is 409. The van der Waals surface area contributed by atoms with Crippen molar-refractivity contribution in [2.75, 3.05) is 13.2 Å². The van der Waals surface area contributed by atoms with E-state index in [0.29, 0.717) is 13.0 Å². The van der Waals surface area contributed by atoms with Crippen molar-refractivity contribution in [1.29, 1.82) is 0 Å². The van der Waals surface area contributed by atoms with Crippen LogP contribution in [0.3, 0.4) is 0 Å². The van der Waals surface area contributed by atoms with Gasteiger partial charge in [0.2, 0.25) is 0 Å². The van der Waals surface area contributed by atoms with E-state index < -0.39 is 12.3 Å². The highest BCUT2D eigenvalue weighted by Crippen LogP contribution is 2.24. The minimum absolute atomic E-state index is 0.258. The van der Waals surface area contributed by atoms with Gasteiger partial charge in [-0.3, -0.25) is 0 Å². The highest BCUT2D eigenvalue weighted by Gasteiger charge is 2.28. The summed E-state index contributed by atoms with van der Waals surface area (Å²) in [6, 6.07) is 0. The van der Waals surface area contributed by atoms with E-state index in [2.05, 4.69) is 13.8 Å². The van der Waals surface area contributed by atoms with Gasteiger partial charge in [0.1, 0.15) is 12.2 Å². The molecule has 0 aromatic heterocycles. The van der Waals surface area contributed by atoms with E-state index in [1.807, 2.05) is 0 Å². The topological polar surface area (TPSA) is 71.1 Å². The highest BCUT2D eigenvalue weighted by molar-refractivity contribution is 5.60. The van der Waals surface area contributed by atoms with E-state index in [0.717, 1.165) is 38.0 Å². The third-order valence-corrected chi connectivity index (χ3v) is 4.76. The summed E-state index contributed by atoms with van der Waals surface area (Å²) in [5, 5.41) is 0. The number of carbonyl (C=O) groups is 2. The zero-order chi connectivity index (χ0) is 19.9. The molecule has 1 aliphatic rings. The van der Waals surface area contributed by atoms with Crippen LogP contribution >= 0.6 is 0 Å². The SMILES string of the molecule is CCOC(=O)OC1CCCC(OC(=O)OCCCCCCCCC(C)C)C1. The zero-order valence-electron chi connectivity index (χ0n) is 17.4. The van der Waals surface area contributed by atoms with Crippen molar-refractivity contribution in [3.05, 3.63) is 0 Å². The van der Waals surface area contributed by atoms with Crippen LogP contribution < -0.4 is 0 Å². The standard InChI is InChI=1S/C21H38O6/c1-4-24-20(22)26-18-13-11-14-19(16-18)27-21(23)25-15-10-8-6-5-7-9-12-17(2)3/h17-19H,4-16H2,1-3H3. The molecule has 1 fully saturated rings. The van der Waals surface area contributed by atoms with E-state index in [9.17, 15) is 9.59 Å². The molecule has 2 unspecified atom stereocenters. The van der Waals surface area contributed by atoms with Crippen molar-refractivity contribution in [2.45, 2.75) is 104 Å². The monoisotopic (exact) mass is 386 g/mol. The minimum Gasteiger partial charge on any atom is -0.435 e. The molecule has 0 heterocycles. The molecule has 27 heavy (non-hydrogen) atoms. The molecular formula is C21H38O6. The van der Waals surface area contributed by atoms with Crippen LogP contribution in [0.4, 0.5) is 9.59 Å². The second-order valence-electron chi connectivity index (χ2n) is 7.73. The fourth-order valence-electron chi connectivity index (χ4n) is 3.29. The predicted molar refractivity (Wildman–Crippen MR) is 104 cm³/mol. The van der Waals surface area contributed by atoms with Crippen LogP contribution in [0.25, 0.3) is 0 Å². The Morgan fingerprint density at radius 2 is 1.41 bits per heavy atom. The third-order valence-electron chi connectivity index (χ3n) is 4.76. The van der Waals surface area contributed by atoms with Crippen molar-refractivity contribution >= 4 is 12.3 Å². The lowest BCUT2D eigenvalue weighted by Gasteiger charge is -2.27. The minimum atomic E-state index is -0.657. The number of ether oxygens (including phenoxy) is 4. The van der Waals surface area contributed by atoms with Gasteiger partial charge in [-0.1, -0.05) is 52.4 Å². The molecular weight excluding hydrogens is 348 g/mol. The molecule has 6 nitrogen and oxygen atoms in total. The number of unbranched alkanes of at least 4 members (excludes halogenated alkanes) is 5. The van der Waals surface area contributed by atoms with Crippen molar-refractivity contribution in [3.63, 3.8) is 0 Å². The molecule has 0 aliphatic heterocycles. The molecule has 0 radical (unpaired) electrons. The number of hydrogen-bond donors (Lipinski definition) is 0. The average molecular weight is 387 g/mol. The van der Waals surface area contributed by atoms with Gasteiger partial charge in [0.15, 0.2) is 0 Å². The van der Waals surface area contributed by atoms with Crippen molar-refractivity contribution in [3.8, 4) is 0 Å². The van der Waals surface area contributed by atoms with Gasteiger partial charge in [-0.2, -0.15) is 0 Å². The molecule has 6 heteroatoms. The molecule has 0 N–H and O–H groups in total. The summed E-state index contributed by atoms with van der Waals surface area (Å²) in [5.41, 5.74) is 0. The Morgan fingerprint density at radius 3 is 2.00 bits per heavy atom. The van der Waals surface area contributed by atoms with Crippen LogP contribution in [0, 0.1) is 5.92 Å². The first-order chi connectivity index (χ1) is 13.0. The first-order valence-electron chi connectivity index (χ1n) is 10.7. The van der Waals surface area contributed by atoms with Gasteiger partial charge < -0.3 is 18.9 Å². The largest absolute Gasteiger partial charge is 0.508 e. The van der Waals surface area contributed by atoms with Crippen LogP contribution in [-0.4, -0.2) is 37.7 Å². The highest BCUT2D eigenvalue weighted by atomic mass is 16.7. The Kier molecular flexibility index (Phi) is 12.7. The molecule has 1 saturated carbocycles. The second kappa shape index (κ2) is 14.6. The van der Waals surface area contributed by atoms with E-state index >= 15 is 0 Å². The lowest BCUT2D eigenvalue weighted by atomic mass is 9.95. The first kappa shape index (κ1) is 23.6. The summed E-state index contributed by atoms with van der Waals surface area (Å²) >= 11 is 0. The van der Waals surface area contributed by atoms with E-state index in [1.165, 1.54) is 32.1 Å². The maximum atomic E-state index is 11.8. The normalized spacial score (nSPS) is 19.6. The maximum Gasteiger partial charge on any atom is 0.508 e. The third kappa shape index (κ3) is 12.5. The van der Waals surface area contributed by atoms with Crippen LogP contribution in [-0.2, 0) is 18.9 Å². The van der Waals surface area contributed by atoms with Gasteiger partial charge in [0.25, 0.3) is 0 Å². The van der Waals surface area contributed by atoms with Gasteiger partial charge in [-0.15, -0.1) is 0 Å². The first-order valence-corrected chi connectivity index (χ1v) is 10.7. The summed E-state index contributed by atoms with van der Waals surface area (Å²) in [6.07, 6.45) is 9.39. The van der Waals surface area contributed by atoms with Gasteiger partial charge in [0.05, 0.1) is 13.2 Å². The summed E-state index contributed by atoms with van der Waals surface area (Å²) in [4.78, 5) is 23.2. The van der Waals surface area contributed by atoms with E-state index in [1.54, 1.807) is 6.92 Å². The lowest BCUT2D eigenvalue weighted by molar-refractivity contribution is -0.0340. The predicted octanol–water partition coefficient (Wildman–Crippen LogP) is 6.01. The molecule has 0 bridgehead atoms. The van der Waals surface area contributed by atoms with Crippen LogP contribution in [0.5, 0.6) is 0 Å². The number of carbonyl (C=O) groups excluding carboxylic acids is 2. The maximum absolute atomic E-state index is 11.8. The Labute approximate surface area is 164 Å². The van der Waals surface area contributed by atoms with E-state index in [4.69, 9.17) is 18.9 Å². The van der Waals surface area contributed by atoms with Crippen molar-refractivity contribution in [2.24, 2.45) is 5.92 Å². The Morgan fingerprint density at radius 1 is 0.852 bits per heavy atom. The fraction of sp³-hybridized carbons (Fsp3) is 0.905. The average Bonchev–Trinajstić information content (AvgIpc) is 2.60. The molecule has 0 spiro atoms. The molecule has 0 aromatic rings. The van der Waals surface area contributed by atoms with Gasteiger partial charge in [-0.25, -0.2) is 9.59 Å². The Balaban J connectivity index is 2.03. The summed E-state index contributed by atoms with van der Waals surface area (Å²) < 4.78 is 20.5. The van der Waals surface area contributed by atoms with Gasteiger partial charge >= 0.3 is 12.3 Å². The summed E-state index contributed by atoms with van der Waals surface area (Å²) in [7, 11) is 0. The molecule has 0 amide bonds. The van der Waals surface area contributed by atoms with Gasteiger partial charge in [-0.05, 0) is 38.5 Å². The second-order valence-corrected chi connectivity index (χ2v) is 7.73. The fourth-order valence-corrected chi connectivity index (χ4v) is 3.29. The molecule has 1 rings (SSSR count). The molecule has 2 atom stereocenters. The molecule has 0 aromatic carbocycles. The van der Waals surface area contributed by atoms with Gasteiger partial charge in [0, 0.05) is 6.42 Å². The summed E-state index contributed by atoms with van der Waals surface area (Å²) in [5.74, 6) is 0.792. The van der Waals surface area contributed by atoms with Crippen LogP contribution in [0.1, 0.15) is 91.4 Å². The van der Waals surface area contributed by atoms with Crippen molar-refractivity contribution in [1.82, 2.24) is 0 Å². The molecule has 1 aliphatic carbocycles. The molecule has 0 saturated heterocycles. The van der Waals surface area contributed by atoms with Crippen LogP contribution in [0.2, 0.25) is 0 Å². The quantitative estimate of drug-likeness (QED) is 0.302. The smallest absolute Gasteiger partial charge is 0.435 e. The zero-order valence-corrected chi connectivity index (χ0v) is 17.4. The van der Waals surface area contributed by atoms with Crippen LogP contribution in [0.15, 0.2) is 0 Å². The molecule has 158 valence electrons. The number of rotatable bonds is 12. The van der Waals surface area contributed by atoms with E-state index in [-0.39, 0.29) is 18.8 Å².